The lowest BCUT2D eigenvalue weighted by Crippen LogP contribution is -2.16. The first-order valence-electron chi connectivity index (χ1n) is 4.78. The van der Waals surface area contributed by atoms with E-state index in [0.717, 1.165) is 13.0 Å². The van der Waals surface area contributed by atoms with Crippen molar-refractivity contribution < 1.29 is 0 Å². The van der Waals surface area contributed by atoms with E-state index >= 15 is 0 Å². The molecule has 0 amide bonds. The fourth-order valence-electron chi connectivity index (χ4n) is 2.05. The van der Waals surface area contributed by atoms with Crippen molar-refractivity contribution in [3.8, 4) is 0 Å². The first kappa shape index (κ1) is 8.57. The van der Waals surface area contributed by atoms with Gasteiger partial charge >= 0.3 is 0 Å². The van der Waals surface area contributed by atoms with Crippen LogP contribution in [0.25, 0.3) is 0 Å². The van der Waals surface area contributed by atoms with Crippen molar-refractivity contribution in [3.63, 3.8) is 0 Å². The third kappa shape index (κ3) is 1.31. The van der Waals surface area contributed by atoms with Crippen LogP contribution in [0.2, 0.25) is 0 Å². The Hall–Kier alpha value is -1.02. The Morgan fingerprint density at radius 1 is 1.46 bits per heavy atom. The van der Waals surface area contributed by atoms with Gasteiger partial charge in [-0.25, -0.2) is 0 Å². The summed E-state index contributed by atoms with van der Waals surface area (Å²) < 4.78 is 0. The molecule has 0 fully saturated rings. The van der Waals surface area contributed by atoms with Crippen LogP contribution in [0.1, 0.15) is 24.1 Å². The zero-order valence-corrected chi connectivity index (χ0v) is 8.25. The molecule has 0 aromatic heterocycles. The van der Waals surface area contributed by atoms with Crippen LogP contribution in [-0.2, 0) is 6.42 Å². The standard InChI is InChI=1S/C11H16N2/c1-8(12)10-5-3-4-9-6-7-13(2)11(9)10/h3-5,8H,6-7,12H2,1-2H3. The highest BCUT2D eigenvalue weighted by atomic mass is 15.1. The zero-order chi connectivity index (χ0) is 9.42. The van der Waals surface area contributed by atoms with Gasteiger partial charge in [-0.05, 0) is 24.5 Å². The lowest BCUT2D eigenvalue weighted by molar-refractivity contribution is 0.812. The molecule has 13 heavy (non-hydrogen) atoms. The number of hydrogen-bond donors (Lipinski definition) is 1. The molecule has 0 radical (unpaired) electrons. The Morgan fingerprint density at radius 2 is 2.23 bits per heavy atom. The van der Waals surface area contributed by atoms with E-state index in [1.165, 1.54) is 16.8 Å². The van der Waals surface area contributed by atoms with E-state index in [9.17, 15) is 0 Å². The lowest BCUT2D eigenvalue weighted by Gasteiger charge is -2.18. The third-order valence-corrected chi connectivity index (χ3v) is 2.74. The molecule has 1 heterocycles. The normalized spacial score (nSPS) is 17.3. The number of fused-ring (bicyclic) bond motifs is 1. The summed E-state index contributed by atoms with van der Waals surface area (Å²) >= 11 is 0. The van der Waals surface area contributed by atoms with Crippen LogP contribution in [0.4, 0.5) is 5.69 Å². The van der Waals surface area contributed by atoms with Gasteiger partial charge in [0, 0.05) is 25.3 Å². The Morgan fingerprint density at radius 3 is 2.92 bits per heavy atom. The molecule has 0 aliphatic carbocycles. The summed E-state index contributed by atoms with van der Waals surface area (Å²) in [5, 5.41) is 0. The third-order valence-electron chi connectivity index (χ3n) is 2.74. The maximum absolute atomic E-state index is 5.92. The van der Waals surface area contributed by atoms with Crippen LogP contribution in [0.15, 0.2) is 18.2 Å². The first-order chi connectivity index (χ1) is 6.20. The summed E-state index contributed by atoms with van der Waals surface area (Å²) in [6.45, 7) is 3.17. The van der Waals surface area contributed by atoms with Gasteiger partial charge in [-0.1, -0.05) is 18.2 Å². The van der Waals surface area contributed by atoms with Gasteiger partial charge in [-0.3, -0.25) is 0 Å². The van der Waals surface area contributed by atoms with Crippen LogP contribution in [0.5, 0.6) is 0 Å². The van der Waals surface area contributed by atoms with Crippen molar-refractivity contribution in [2.24, 2.45) is 5.73 Å². The molecule has 1 atom stereocenters. The van der Waals surface area contributed by atoms with Gasteiger partial charge in [0.2, 0.25) is 0 Å². The van der Waals surface area contributed by atoms with Crippen LogP contribution in [0.3, 0.4) is 0 Å². The van der Waals surface area contributed by atoms with Gasteiger partial charge in [0.25, 0.3) is 0 Å². The molecule has 70 valence electrons. The average molecular weight is 176 g/mol. The van der Waals surface area contributed by atoms with E-state index in [-0.39, 0.29) is 6.04 Å². The smallest absolute Gasteiger partial charge is 0.0445 e. The molecule has 2 nitrogen and oxygen atoms in total. The maximum atomic E-state index is 5.92. The summed E-state index contributed by atoms with van der Waals surface area (Å²) in [5.41, 5.74) is 10.00. The van der Waals surface area contributed by atoms with E-state index in [1.807, 2.05) is 6.92 Å². The molecule has 1 aromatic carbocycles. The number of likely N-dealkylation sites (N-methyl/N-ethyl adjacent to an activating group) is 1. The molecule has 0 bridgehead atoms. The predicted octanol–water partition coefficient (Wildman–Crippen LogP) is 1.70. The number of anilines is 1. The van der Waals surface area contributed by atoms with Crippen LogP contribution < -0.4 is 10.6 Å². The molecule has 2 rings (SSSR count). The Labute approximate surface area is 79.4 Å². The van der Waals surface area contributed by atoms with Crippen LogP contribution in [-0.4, -0.2) is 13.6 Å². The SMILES string of the molecule is CC(N)c1cccc2c1N(C)CC2. The molecule has 1 unspecified atom stereocenters. The fraction of sp³-hybridized carbons (Fsp3) is 0.455. The minimum absolute atomic E-state index is 0.135. The summed E-state index contributed by atoms with van der Waals surface area (Å²) in [5.74, 6) is 0. The van der Waals surface area contributed by atoms with E-state index < -0.39 is 0 Å². The molecule has 1 aliphatic heterocycles. The second kappa shape index (κ2) is 3.04. The summed E-state index contributed by atoms with van der Waals surface area (Å²) in [6.07, 6.45) is 1.16. The number of benzene rings is 1. The first-order valence-corrected chi connectivity index (χ1v) is 4.78. The molecule has 1 aromatic rings. The Balaban J connectivity index is 2.53. The van der Waals surface area contributed by atoms with Crippen LogP contribution >= 0.6 is 0 Å². The van der Waals surface area contributed by atoms with E-state index in [4.69, 9.17) is 5.73 Å². The number of nitrogens with two attached hydrogens (primary N) is 1. The molecule has 0 saturated carbocycles. The van der Waals surface area contributed by atoms with Gasteiger partial charge in [-0.2, -0.15) is 0 Å². The van der Waals surface area contributed by atoms with E-state index in [0.29, 0.717) is 0 Å². The van der Waals surface area contributed by atoms with Gasteiger partial charge in [0.1, 0.15) is 0 Å². The van der Waals surface area contributed by atoms with Crippen molar-refractivity contribution >= 4 is 5.69 Å². The molecular weight excluding hydrogens is 160 g/mol. The second-order valence-corrected chi connectivity index (χ2v) is 3.82. The van der Waals surface area contributed by atoms with Gasteiger partial charge < -0.3 is 10.6 Å². The topological polar surface area (TPSA) is 29.3 Å². The predicted molar refractivity (Wildman–Crippen MR) is 56.0 cm³/mol. The highest BCUT2D eigenvalue weighted by molar-refractivity contribution is 5.63. The highest BCUT2D eigenvalue weighted by Gasteiger charge is 2.19. The molecule has 0 saturated heterocycles. The zero-order valence-electron chi connectivity index (χ0n) is 8.25. The second-order valence-electron chi connectivity index (χ2n) is 3.82. The van der Waals surface area contributed by atoms with Crippen molar-refractivity contribution in [2.75, 3.05) is 18.5 Å². The Bertz CT molecular complexity index is 318. The summed E-state index contributed by atoms with van der Waals surface area (Å²) in [7, 11) is 2.14. The number of para-hydroxylation sites is 1. The van der Waals surface area contributed by atoms with Gasteiger partial charge in [0.15, 0.2) is 0 Å². The highest BCUT2D eigenvalue weighted by Crippen LogP contribution is 2.33. The number of nitrogens with zero attached hydrogens (tertiary/aromatic N) is 1. The average Bonchev–Trinajstić information content (AvgIpc) is 2.48. The van der Waals surface area contributed by atoms with Gasteiger partial charge in [0.05, 0.1) is 0 Å². The van der Waals surface area contributed by atoms with E-state index in [2.05, 4.69) is 30.1 Å². The van der Waals surface area contributed by atoms with Crippen molar-refractivity contribution in [3.05, 3.63) is 29.3 Å². The largest absolute Gasteiger partial charge is 0.374 e. The lowest BCUT2D eigenvalue weighted by atomic mass is 10.0. The molecule has 2 N–H and O–H groups in total. The number of hydrogen-bond acceptors (Lipinski definition) is 2. The van der Waals surface area contributed by atoms with Gasteiger partial charge in [-0.15, -0.1) is 0 Å². The molecular formula is C11H16N2. The quantitative estimate of drug-likeness (QED) is 0.705. The fourth-order valence-corrected chi connectivity index (χ4v) is 2.05. The molecule has 0 spiro atoms. The Kier molecular flexibility index (Phi) is 2.00. The minimum Gasteiger partial charge on any atom is -0.374 e. The van der Waals surface area contributed by atoms with Crippen molar-refractivity contribution in [1.82, 2.24) is 0 Å². The molecule has 2 heteroatoms. The minimum atomic E-state index is 0.135. The summed E-state index contributed by atoms with van der Waals surface area (Å²) in [4.78, 5) is 2.30. The molecule has 1 aliphatic rings. The van der Waals surface area contributed by atoms with Crippen molar-refractivity contribution in [1.29, 1.82) is 0 Å². The van der Waals surface area contributed by atoms with Crippen molar-refractivity contribution in [2.45, 2.75) is 19.4 Å². The number of rotatable bonds is 1. The maximum Gasteiger partial charge on any atom is 0.0445 e. The summed E-state index contributed by atoms with van der Waals surface area (Å²) in [6, 6.07) is 6.57. The van der Waals surface area contributed by atoms with Crippen LogP contribution in [0, 0.1) is 0 Å². The monoisotopic (exact) mass is 176 g/mol. The van der Waals surface area contributed by atoms with E-state index in [1.54, 1.807) is 0 Å².